The van der Waals surface area contributed by atoms with Gasteiger partial charge in [-0.3, -0.25) is 0 Å². The normalized spacial score (nSPS) is 11.4. The van der Waals surface area contributed by atoms with Crippen LogP contribution in [0, 0.1) is 0 Å². The largest absolute Gasteiger partial charge is 0.497 e. The summed E-state index contributed by atoms with van der Waals surface area (Å²) in [4.78, 5) is 0. The highest BCUT2D eigenvalue weighted by molar-refractivity contribution is 8.93. The number of nitrogens with zero attached hydrogens (tertiary/aromatic N) is 2. The second-order valence-electron chi connectivity index (χ2n) is 3.66. The molecule has 4 nitrogen and oxygen atoms in total. The number of benzene rings is 1. The van der Waals surface area contributed by atoms with E-state index in [1.54, 1.807) is 13.3 Å². The van der Waals surface area contributed by atoms with Crippen molar-refractivity contribution in [3.63, 3.8) is 0 Å². The van der Waals surface area contributed by atoms with E-state index in [1.807, 2.05) is 24.3 Å². The van der Waals surface area contributed by atoms with Crippen molar-refractivity contribution < 1.29 is 4.74 Å². The number of methoxy groups -OCH3 is 1. The van der Waals surface area contributed by atoms with Gasteiger partial charge in [-0.2, -0.15) is 5.10 Å². The molecule has 0 amide bonds. The van der Waals surface area contributed by atoms with Crippen molar-refractivity contribution in [1.82, 2.24) is 0 Å². The molecular formula is C13H20BrN3OS. The Morgan fingerprint density at radius 1 is 1.37 bits per heavy atom. The van der Waals surface area contributed by atoms with Gasteiger partial charge in [0.2, 0.25) is 0 Å². The van der Waals surface area contributed by atoms with Crippen LogP contribution in [-0.2, 0) is 0 Å². The van der Waals surface area contributed by atoms with Gasteiger partial charge in [-0.15, -0.1) is 22.1 Å². The molecule has 1 aromatic carbocycles. The maximum atomic E-state index is 5.70. The Morgan fingerprint density at radius 2 is 2.05 bits per heavy atom. The molecule has 0 saturated heterocycles. The van der Waals surface area contributed by atoms with Gasteiger partial charge >= 0.3 is 0 Å². The van der Waals surface area contributed by atoms with Crippen LogP contribution in [0.25, 0.3) is 0 Å². The predicted molar refractivity (Wildman–Crippen MR) is 89.9 cm³/mol. The molecule has 0 aromatic heterocycles. The van der Waals surface area contributed by atoms with Crippen molar-refractivity contribution >= 4 is 40.1 Å². The minimum Gasteiger partial charge on any atom is -0.497 e. The highest BCUT2D eigenvalue weighted by Gasteiger charge is 1.93. The van der Waals surface area contributed by atoms with Crippen LogP contribution < -0.4 is 10.5 Å². The van der Waals surface area contributed by atoms with Gasteiger partial charge in [-0.05, 0) is 36.2 Å². The van der Waals surface area contributed by atoms with Crippen molar-refractivity contribution in [3.8, 4) is 5.75 Å². The van der Waals surface area contributed by atoms with Gasteiger partial charge in [0.05, 0.1) is 13.3 Å². The first-order chi connectivity index (χ1) is 8.76. The van der Waals surface area contributed by atoms with E-state index < -0.39 is 0 Å². The number of hydrogen-bond donors (Lipinski definition) is 1. The van der Waals surface area contributed by atoms with Crippen LogP contribution in [0.4, 0.5) is 0 Å². The second-order valence-corrected chi connectivity index (χ2v) is 4.77. The first-order valence-corrected chi connectivity index (χ1v) is 6.88. The van der Waals surface area contributed by atoms with Gasteiger partial charge in [-0.1, -0.05) is 25.1 Å². The standard InChI is InChI=1S/C13H19N3OS.BrH/c1-3-4-9-18-13(14)16-15-10-11-5-7-12(17-2)8-6-11;/h5-8,10H,3-4,9H2,1-2H3,(H2,14,16);1H/b15-10+;. The molecule has 0 aliphatic heterocycles. The summed E-state index contributed by atoms with van der Waals surface area (Å²) in [6, 6.07) is 7.59. The summed E-state index contributed by atoms with van der Waals surface area (Å²) in [7, 11) is 1.64. The monoisotopic (exact) mass is 345 g/mol. The lowest BCUT2D eigenvalue weighted by Crippen LogP contribution is -2.06. The van der Waals surface area contributed by atoms with Crippen LogP contribution in [0.5, 0.6) is 5.75 Å². The molecule has 0 unspecified atom stereocenters. The average molecular weight is 346 g/mol. The molecule has 0 aliphatic rings. The number of ether oxygens (including phenoxy) is 1. The van der Waals surface area contributed by atoms with Crippen molar-refractivity contribution in [2.75, 3.05) is 12.9 Å². The van der Waals surface area contributed by atoms with E-state index >= 15 is 0 Å². The SMILES string of the molecule is Br.CCCCSC(N)=N/N=C/c1ccc(OC)cc1. The highest BCUT2D eigenvalue weighted by atomic mass is 79.9. The van der Waals surface area contributed by atoms with E-state index in [4.69, 9.17) is 10.5 Å². The Kier molecular flexibility index (Phi) is 10.3. The van der Waals surface area contributed by atoms with Crippen molar-refractivity contribution in [3.05, 3.63) is 29.8 Å². The molecule has 19 heavy (non-hydrogen) atoms. The fourth-order valence-electron chi connectivity index (χ4n) is 1.19. The van der Waals surface area contributed by atoms with E-state index in [9.17, 15) is 0 Å². The molecule has 1 rings (SSSR count). The molecule has 0 atom stereocenters. The van der Waals surface area contributed by atoms with Gasteiger partial charge in [0, 0.05) is 5.75 Å². The zero-order valence-electron chi connectivity index (χ0n) is 11.2. The third-order valence-electron chi connectivity index (χ3n) is 2.23. The molecule has 2 N–H and O–H groups in total. The van der Waals surface area contributed by atoms with Crippen LogP contribution in [0.15, 0.2) is 34.5 Å². The van der Waals surface area contributed by atoms with E-state index in [0.29, 0.717) is 5.17 Å². The number of thioether (sulfide) groups is 1. The summed E-state index contributed by atoms with van der Waals surface area (Å²) < 4.78 is 5.07. The number of hydrogen-bond acceptors (Lipinski definition) is 4. The second kappa shape index (κ2) is 10.9. The fourth-order valence-corrected chi connectivity index (χ4v) is 1.94. The summed E-state index contributed by atoms with van der Waals surface area (Å²) in [6.45, 7) is 2.15. The Bertz CT molecular complexity index is 407. The summed E-state index contributed by atoms with van der Waals surface area (Å²) in [5, 5.41) is 8.39. The van der Waals surface area contributed by atoms with Crippen molar-refractivity contribution in [2.45, 2.75) is 19.8 Å². The Hall–Kier alpha value is -1.01. The van der Waals surface area contributed by atoms with E-state index in [-0.39, 0.29) is 17.0 Å². The number of amidine groups is 1. The zero-order valence-corrected chi connectivity index (χ0v) is 13.7. The van der Waals surface area contributed by atoms with E-state index in [1.165, 1.54) is 11.8 Å². The minimum absolute atomic E-state index is 0. The quantitative estimate of drug-likeness (QED) is 0.371. The van der Waals surface area contributed by atoms with Crippen LogP contribution >= 0.6 is 28.7 Å². The Balaban J connectivity index is 0.00000324. The van der Waals surface area contributed by atoms with Gasteiger partial charge < -0.3 is 10.5 Å². The molecule has 0 bridgehead atoms. The molecule has 1 aromatic rings. The van der Waals surface area contributed by atoms with Crippen LogP contribution in [0.1, 0.15) is 25.3 Å². The molecule has 0 fully saturated rings. The van der Waals surface area contributed by atoms with Gasteiger partial charge in [0.1, 0.15) is 5.75 Å². The highest BCUT2D eigenvalue weighted by Crippen LogP contribution is 2.10. The fraction of sp³-hybridized carbons (Fsp3) is 0.385. The zero-order chi connectivity index (χ0) is 13.2. The average Bonchev–Trinajstić information content (AvgIpc) is 2.40. The molecule has 106 valence electrons. The van der Waals surface area contributed by atoms with Crippen LogP contribution in [-0.4, -0.2) is 24.2 Å². The Labute approximate surface area is 129 Å². The number of unbranched alkanes of at least 4 members (excludes halogenated alkanes) is 1. The molecule has 0 heterocycles. The third kappa shape index (κ3) is 7.89. The van der Waals surface area contributed by atoms with E-state index in [2.05, 4.69) is 17.1 Å². The lowest BCUT2D eigenvalue weighted by atomic mass is 10.2. The molecule has 6 heteroatoms. The van der Waals surface area contributed by atoms with E-state index in [0.717, 1.165) is 29.9 Å². The smallest absolute Gasteiger partial charge is 0.180 e. The lowest BCUT2D eigenvalue weighted by Gasteiger charge is -1.98. The summed E-state index contributed by atoms with van der Waals surface area (Å²) in [5.74, 6) is 1.81. The Morgan fingerprint density at radius 3 is 2.63 bits per heavy atom. The number of halogens is 1. The molecule has 0 saturated carbocycles. The molecule has 0 spiro atoms. The summed E-state index contributed by atoms with van der Waals surface area (Å²) >= 11 is 1.54. The van der Waals surface area contributed by atoms with Gasteiger partial charge in [0.15, 0.2) is 5.17 Å². The van der Waals surface area contributed by atoms with Gasteiger partial charge in [-0.25, -0.2) is 0 Å². The maximum Gasteiger partial charge on any atom is 0.180 e. The topological polar surface area (TPSA) is 60.0 Å². The summed E-state index contributed by atoms with van der Waals surface area (Å²) in [6.07, 6.45) is 3.98. The van der Waals surface area contributed by atoms with Crippen molar-refractivity contribution in [2.24, 2.45) is 15.9 Å². The number of nitrogens with two attached hydrogens (primary N) is 1. The molecular weight excluding hydrogens is 326 g/mol. The summed E-state index contributed by atoms with van der Waals surface area (Å²) in [5.41, 5.74) is 6.67. The minimum atomic E-state index is 0. The first kappa shape index (κ1) is 18.0. The predicted octanol–water partition coefficient (Wildman–Crippen LogP) is 3.46. The van der Waals surface area contributed by atoms with Crippen LogP contribution in [0.2, 0.25) is 0 Å². The lowest BCUT2D eigenvalue weighted by molar-refractivity contribution is 0.415. The molecule has 0 radical (unpaired) electrons. The first-order valence-electron chi connectivity index (χ1n) is 5.89. The molecule has 0 aliphatic carbocycles. The maximum absolute atomic E-state index is 5.70. The van der Waals surface area contributed by atoms with Crippen molar-refractivity contribution in [1.29, 1.82) is 0 Å². The van der Waals surface area contributed by atoms with Gasteiger partial charge in [0.25, 0.3) is 0 Å². The third-order valence-corrected chi connectivity index (χ3v) is 3.10. The van der Waals surface area contributed by atoms with Crippen LogP contribution in [0.3, 0.4) is 0 Å². The number of rotatable bonds is 6.